The van der Waals surface area contributed by atoms with Gasteiger partial charge in [0.1, 0.15) is 0 Å². The quantitative estimate of drug-likeness (QED) is 0.672. The molecule has 3 rings (SSSR count). The second kappa shape index (κ2) is 6.19. The second-order valence-corrected chi connectivity index (χ2v) is 4.68. The Morgan fingerprint density at radius 3 is 2.05 bits per heavy atom. The Labute approximate surface area is 129 Å². The van der Waals surface area contributed by atoms with Crippen molar-refractivity contribution < 1.29 is 21.7 Å². The van der Waals surface area contributed by atoms with Crippen molar-refractivity contribution >= 4 is 5.57 Å². The van der Waals surface area contributed by atoms with Gasteiger partial charge in [-0.05, 0) is 41.2 Å². The normalized spacial score (nSPS) is 13.5. The summed E-state index contributed by atoms with van der Waals surface area (Å²) in [5.41, 5.74) is 6.83. The van der Waals surface area contributed by atoms with Crippen molar-refractivity contribution in [3.8, 4) is 11.1 Å². The molecule has 2 aromatic rings. The first-order valence-corrected chi connectivity index (χ1v) is 6.37. The van der Waals surface area contributed by atoms with Gasteiger partial charge in [0.15, 0.2) is 0 Å². The predicted molar refractivity (Wildman–Crippen MR) is 78.2 cm³/mol. The van der Waals surface area contributed by atoms with E-state index in [-0.39, 0.29) is 21.7 Å². The molecule has 0 heterocycles. The molecule has 0 amide bonds. The van der Waals surface area contributed by atoms with E-state index in [2.05, 4.69) is 73.7 Å². The van der Waals surface area contributed by atoms with Crippen LogP contribution >= 0.6 is 0 Å². The van der Waals surface area contributed by atoms with Gasteiger partial charge in [-0.2, -0.15) is 0 Å². The molecule has 0 bridgehead atoms. The van der Waals surface area contributed by atoms with Gasteiger partial charge in [0, 0.05) is 21.7 Å². The van der Waals surface area contributed by atoms with Crippen LogP contribution in [0.4, 0.5) is 0 Å². The third kappa shape index (κ3) is 2.81. The number of hydrogen-bond donors (Lipinski definition) is 0. The average molecular weight is 280 g/mol. The van der Waals surface area contributed by atoms with Crippen LogP contribution in [0.2, 0.25) is 0 Å². The van der Waals surface area contributed by atoms with E-state index in [9.17, 15) is 0 Å². The fraction of sp³-hybridized carbons (Fsp3) is 0.111. The van der Waals surface area contributed by atoms with E-state index < -0.39 is 0 Å². The first-order valence-electron chi connectivity index (χ1n) is 6.37. The van der Waals surface area contributed by atoms with Crippen LogP contribution in [0.1, 0.15) is 18.9 Å². The van der Waals surface area contributed by atoms with Gasteiger partial charge in [0.2, 0.25) is 0 Å². The molecule has 0 unspecified atom stereocenters. The summed E-state index contributed by atoms with van der Waals surface area (Å²) in [5.74, 6) is 0. The Kier molecular flexibility index (Phi) is 4.58. The average Bonchev–Trinajstić information content (AvgIpc) is 2.86. The molecular formula is C18H16Ti. The molecule has 1 aliphatic carbocycles. The monoisotopic (exact) mass is 280 g/mol. The zero-order valence-corrected chi connectivity index (χ0v) is 12.6. The summed E-state index contributed by atoms with van der Waals surface area (Å²) in [5, 5.41) is 0. The van der Waals surface area contributed by atoms with Crippen LogP contribution in [0.15, 0.2) is 72.3 Å². The molecule has 2 aromatic carbocycles. The molecule has 0 N–H and O–H groups in total. The molecule has 1 aliphatic rings. The predicted octanol–water partition coefficient (Wildman–Crippen LogP) is 5.08. The van der Waals surface area contributed by atoms with Crippen LogP contribution in [0.3, 0.4) is 0 Å². The molecule has 0 aromatic heterocycles. The molecule has 0 nitrogen and oxygen atoms in total. The van der Waals surface area contributed by atoms with Crippen molar-refractivity contribution in [3.05, 3.63) is 77.9 Å². The summed E-state index contributed by atoms with van der Waals surface area (Å²) in [6, 6.07) is 19.3. The van der Waals surface area contributed by atoms with Crippen molar-refractivity contribution in [3.63, 3.8) is 0 Å². The number of allylic oxidation sites excluding steroid dienone is 4. The zero-order chi connectivity index (χ0) is 12.4. The van der Waals surface area contributed by atoms with Gasteiger partial charge in [0.25, 0.3) is 0 Å². The topological polar surface area (TPSA) is 0 Å². The molecule has 0 aliphatic heterocycles. The maximum atomic E-state index is 2.24. The largest absolute Gasteiger partial charge is 0.0798 e. The summed E-state index contributed by atoms with van der Waals surface area (Å²) in [6.45, 7) is 2.20. The van der Waals surface area contributed by atoms with E-state index in [0.717, 1.165) is 6.42 Å². The van der Waals surface area contributed by atoms with Crippen molar-refractivity contribution in [1.82, 2.24) is 0 Å². The van der Waals surface area contributed by atoms with Gasteiger partial charge in [-0.1, -0.05) is 66.7 Å². The fourth-order valence-corrected chi connectivity index (χ4v) is 2.55. The van der Waals surface area contributed by atoms with E-state index in [0.29, 0.717) is 0 Å². The van der Waals surface area contributed by atoms with Gasteiger partial charge in [0.05, 0.1) is 0 Å². The summed E-state index contributed by atoms with van der Waals surface area (Å²) in [7, 11) is 0. The van der Waals surface area contributed by atoms with Crippen LogP contribution in [0.5, 0.6) is 0 Å². The minimum absolute atomic E-state index is 0. The minimum Gasteiger partial charge on any atom is -0.0798 e. The summed E-state index contributed by atoms with van der Waals surface area (Å²) >= 11 is 0. The van der Waals surface area contributed by atoms with E-state index in [1.165, 1.54) is 27.8 Å². The zero-order valence-electron chi connectivity index (χ0n) is 11.1. The Balaban J connectivity index is 0.00000133. The number of rotatable bonds is 2. The molecule has 0 saturated heterocycles. The van der Waals surface area contributed by atoms with Crippen LogP contribution in [-0.4, -0.2) is 0 Å². The molecule has 0 saturated carbocycles. The van der Waals surface area contributed by atoms with Gasteiger partial charge in [-0.25, -0.2) is 0 Å². The van der Waals surface area contributed by atoms with Gasteiger partial charge < -0.3 is 0 Å². The van der Waals surface area contributed by atoms with Crippen LogP contribution in [0, 0.1) is 0 Å². The fourth-order valence-electron chi connectivity index (χ4n) is 2.55. The van der Waals surface area contributed by atoms with Crippen molar-refractivity contribution in [2.75, 3.05) is 0 Å². The Hall–Kier alpha value is -1.37. The molecule has 0 radical (unpaired) electrons. The van der Waals surface area contributed by atoms with Crippen LogP contribution in [-0.2, 0) is 21.7 Å². The van der Waals surface area contributed by atoms with E-state index in [4.69, 9.17) is 0 Å². The molecule has 0 fully saturated rings. The molecule has 1 heteroatoms. The van der Waals surface area contributed by atoms with Crippen molar-refractivity contribution in [1.29, 1.82) is 0 Å². The third-order valence-corrected chi connectivity index (χ3v) is 3.50. The Morgan fingerprint density at radius 1 is 0.789 bits per heavy atom. The van der Waals surface area contributed by atoms with Crippen molar-refractivity contribution in [2.24, 2.45) is 0 Å². The van der Waals surface area contributed by atoms with E-state index in [1.54, 1.807) is 0 Å². The van der Waals surface area contributed by atoms with E-state index in [1.807, 2.05) is 0 Å². The van der Waals surface area contributed by atoms with Gasteiger partial charge in [-0.3, -0.25) is 0 Å². The molecule has 0 atom stereocenters. The second-order valence-electron chi connectivity index (χ2n) is 4.68. The summed E-state index contributed by atoms with van der Waals surface area (Å²) < 4.78 is 0. The maximum Gasteiger partial charge on any atom is 0 e. The van der Waals surface area contributed by atoms with Crippen LogP contribution in [0.25, 0.3) is 16.7 Å². The standard InChI is InChI=1S/C18H16.Ti/c1-14-8-7-13-16(14)18-12-6-5-11-17(18)15-9-3-2-4-10-15;/h2-12H,13H2,1H3;. The molecule has 92 valence electrons. The Morgan fingerprint density at radius 2 is 1.42 bits per heavy atom. The minimum atomic E-state index is 0. The first kappa shape index (κ1) is 14.1. The van der Waals surface area contributed by atoms with Gasteiger partial charge >= 0.3 is 0 Å². The Bertz CT molecular complexity index is 621. The molecule has 19 heavy (non-hydrogen) atoms. The summed E-state index contributed by atoms with van der Waals surface area (Å²) in [6.07, 6.45) is 5.51. The third-order valence-electron chi connectivity index (χ3n) is 3.50. The van der Waals surface area contributed by atoms with Gasteiger partial charge in [-0.15, -0.1) is 0 Å². The number of hydrogen-bond acceptors (Lipinski definition) is 0. The summed E-state index contributed by atoms with van der Waals surface area (Å²) in [4.78, 5) is 0. The maximum absolute atomic E-state index is 2.24. The van der Waals surface area contributed by atoms with E-state index >= 15 is 0 Å². The van der Waals surface area contributed by atoms with Crippen molar-refractivity contribution in [2.45, 2.75) is 13.3 Å². The number of benzene rings is 2. The molecular weight excluding hydrogens is 264 g/mol. The smallest absolute Gasteiger partial charge is 0 e. The SMILES string of the molecule is CC1=C(c2ccccc2-c2ccccc2)CC=C1.[Ti]. The molecule has 0 spiro atoms. The van der Waals surface area contributed by atoms with Crippen LogP contribution < -0.4 is 0 Å². The first-order chi connectivity index (χ1) is 8.86.